The lowest BCUT2D eigenvalue weighted by atomic mass is 10.1. The highest BCUT2D eigenvalue weighted by Gasteiger charge is 2.23. The zero-order chi connectivity index (χ0) is 14.5. The molecule has 1 aliphatic carbocycles. The van der Waals surface area contributed by atoms with Gasteiger partial charge in [-0.1, -0.05) is 6.07 Å². The molecular weight excluding hydrogens is 254 g/mol. The summed E-state index contributed by atoms with van der Waals surface area (Å²) in [4.78, 5) is 12.1. The first-order chi connectivity index (χ1) is 9.54. The van der Waals surface area contributed by atoms with Crippen molar-refractivity contribution in [3.63, 3.8) is 0 Å². The number of rotatable bonds is 5. The summed E-state index contributed by atoms with van der Waals surface area (Å²) in [5.41, 5.74) is 0.613. The predicted molar refractivity (Wildman–Crippen MR) is 77.9 cm³/mol. The molecule has 110 valence electrons. The van der Waals surface area contributed by atoms with Crippen LogP contribution >= 0.6 is 0 Å². The van der Waals surface area contributed by atoms with Gasteiger partial charge in [-0.3, -0.25) is 4.79 Å². The van der Waals surface area contributed by atoms with Crippen molar-refractivity contribution in [2.45, 2.75) is 45.3 Å². The predicted octanol–water partition coefficient (Wildman–Crippen LogP) is 2.36. The summed E-state index contributed by atoms with van der Waals surface area (Å²) < 4.78 is 5.58. The summed E-state index contributed by atoms with van der Waals surface area (Å²) in [6.45, 7) is 4.54. The first-order valence-corrected chi connectivity index (χ1v) is 7.27. The Labute approximate surface area is 120 Å². The van der Waals surface area contributed by atoms with Gasteiger partial charge in [0.2, 0.25) is 0 Å². The molecule has 0 aromatic heterocycles. The van der Waals surface area contributed by atoms with Crippen LogP contribution in [0.25, 0.3) is 0 Å². The van der Waals surface area contributed by atoms with E-state index in [0.29, 0.717) is 23.8 Å². The summed E-state index contributed by atoms with van der Waals surface area (Å²) in [5.74, 6) is 1.02. The number of benzene rings is 1. The van der Waals surface area contributed by atoms with Gasteiger partial charge < -0.3 is 15.2 Å². The van der Waals surface area contributed by atoms with Crippen molar-refractivity contribution in [1.82, 2.24) is 5.32 Å². The number of aliphatic hydroxyl groups excluding tert-OH is 1. The Bertz CT molecular complexity index is 459. The van der Waals surface area contributed by atoms with E-state index >= 15 is 0 Å². The minimum atomic E-state index is -0.195. The molecule has 0 radical (unpaired) electrons. The number of hydrogen-bond donors (Lipinski definition) is 2. The summed E-state index contributed by atoms with van der Waals surface area (Å²) in [7, 11) is 0. The SMILES string of the molecule is CC(C)Oc1cccc(C(=O)NCC2CCC(O)C2)c1. The molecule has 0 aliphatic heterocycles. The first-order valence-electron chi connectivity index (χ1n) is 7.27. The molecule has 2 N–H and O–H groups in total. The lowest BCUT2D eigenvalue weighted by molar-refractivity contribution is 0.0944. The average Bonchev–Trinajstić information content (AvgIpc) is 2.81. The molecule has 1 fully saturated rings. The van der Waals surface area contributed by atoms with Crippen molar-refractivity contribution in [2.24, 2.45) is 5.92 Å². The van der Waals surface area contributed by atoms with E-state index < -0.39 is 0 Å². The van der Waals surface area contributed by atoms with E-state index in [1.165, 1.54) is 0 Å². The summed E-state index contributed by atoms with van der Waals surface area (Å²) in [6, 6.07) is 7.22. The maximum absolute atomic E-state index is 12.1. The quantitative estimate of drug-likeness (QED) is 0.868. The fraction of sp³-hybridized carbons (Fsp3) is 0.562. The van der Waals surface area contributed by atoms with Crippen LogP contribution in [0.3, 0.4) is 0 Å². The lowest BCUT2D eigenvalue weighted by Gasteiger charge is -2.13. The molecule has 2 atom stereocenters. The van der Waals surface area contributed by atoms with Crippen LogP contribution in [0.15, 0.2) is 24.3 Å². The molecule has 4 nitrogen and oxygen atoms in total. The lowest BCUT2D eigenvalue weighted by Crippen LogP contribution is -2.28. The highest BCUT2D eigenvalue weighted by molar-refractivity contribution is 5.94. The van der Waals surface area contributed by atoms with Gasteiger partial charge >= 0.3 is 0 Å². The standard InChI is InChI=1S/C16H23NO3/c1-11(2)20-15-5-3-4-13(9-15)16(19)17-10-12-6-7-14(18)8-12/h3-5,9,11-12,14,18H,6-8,10H2,1-2H3,(H,17,19). The van der Waals surface area contributed by atoms with E-state index in [4.69, 9.17) is 4.74 Å². The number of carbonyl (C=O) groups is 1. The van der Waals surface area contributed by atoms with E-state index in [2.05, 4.69) is 5.32 Å². The van der Waals surface area contributed by atoms with Gasteiger partial charge in [0.25, 0.3) is 5.91 Å². The van der Waals surface area contributed by atoms with Gasteiger partial charge in [0, 0.05) is 12.1 Å². The molecular formula is C16H23NO3. The van der Waals surface area contributed by atoms with E-state index in [-0.39, 0.29) is 18.1 Å². The molecule has 1 aromatic rings. The molecule has 4 heteroatoms. The minimum absolute atomic E-state index is 0.0828. The summed E-state index contributed by atoms with van der Waals surface area (Å²) in [5, 5.41) is 12.4. The number of aliphatic hydroxyl groups is 1. The third-order valence-corrected chi connectivity index (χ3v) is 3.53. The van der Waals surface area contributed by atoms with Crippen LogP contribution in [0, 0.1) is 5.92 Å². The number of nitrogens with one attached hydrogen (secondary N) is 1. The van der Waals surface area contributed by atoms with Gasteiger partial charge in [0.15, 0.2) is 0 Å². The monoisotopic (exact) mass is 277 g/mol. The Morgan fingerprint density at radius 2 is 2.25 bits per heavy atom. The maximum Gasteiger partial charge on any atom is 0.251 e. The molecule has 0 spiro atoms. The van der Waals surface area contributed by atoms with Crippen LogP contribution in [0.1, 0.15) is 43.5 Å². The molecule has 1 saturated carbocycles. The van der Waals surface area contributed by atoms with Crippen molar-refractivity contribution in [3.8, 4) is 5.75 Å². The second-order valence-corrected chi connectivity index (χ2v) is 5.74. The first kappa shape index (κ1) is 14.9. The second-order valence-electron chi connectivity index (χ2n) is 5.74. The number of amides is 1. The Kier molecular flexibility index (Phi) is 5.01. The van der Waals surface area contributed by atoms with Crippen LogP contribution < -0.4 is 10.1 Å². The topological polar surface area (TPSA) is 58.6 Å². The number of hydrogen-bond acceptors (Lipinski definition) is 3. The van der Waals surface area contributed by atoms with Crippen molar-refractivity contribution >= 4 is 5.91 Å². The van der Waals surface area contributed by atoms with Gasteiger partial charge in [0.05, 0.1) is 12.2 Å². The third kappa shape index (κ3) is 4.23. The van der Waals surface area contributed by atoms with Crippen LogP contribution in [0.4, 0.5) is 0 Å². The van der Waals surface area contributed by atoms with Crippen molar-refractivity contribution < 1.29 is 14.6 Å². The van der Waals surface area contributed by atoms with Crippen LogP contribution in [-0.2, 0) is 0 Å². The zero-order valence-corrected chi connectivity index (χ0v) is 12.1. The fourth-order valence-electron chi connectivity index (χ4n) is 2.56. The second kappa shape index (κ2) is 6.75. The van der Waals surface area contributed by atoms with Crippen molar-refractivity contribution in [1.29, 1.82) is 0 Å². The molecule has 2 unspecified atom stereocenters. The van der Waals surface area contributed by atoms with Gasteiger partial charge in [-0.15, -0.1) is 0 Å². The fourth-order valence-corrected chi connectivity index (χ4v) is 2.56. The van der Waals surface area contributed by atoms with Crippen LogP contribution in [-0.4, -0.2) is 29.8 Å². The number of ether oxygens (including phenoxy) is 1. The summed E-state index contributed by atoms with van der Waals surface area (Å²) >= 11 is 0. The molecule has 1 aromatic carbocycles. The molecule has 1 aliphatic rings. The van der Waals surface area contributed by atoms with Gasteiger partial charge in [0.1, 0.15) is 5.75 Å². The van der Waals surface area contributed by atoms with E-state index in [1.807, 2.05) is 26.0 Å². The van der Waals surface area contributed by atoms with E-state index in [0.717, 1.165) is 19.3 Å². The molecule has 1 amide bonds. The molecule has 2 rings (SSSR count). The van der Waals surface area contributed by atoms with Crippen molar-refractivity contribution in [3.05, 3.63) is 29.8 Å². The van der Waals surface area contributed by atoms with Gasteiger partial charge in [-0.25, -0.2) is 0 Å². The third-order valence-electron chi connectivity index (χ3n) is 3.53. The van der Waals surface area contributed by atoms with E-state index in [1.54, 1.807) is 12.1 Å². The average molecular weight is 277 g/mol. The Morgan fingerprint density at radius 1 is 1.45 bits per heavy atom. The zero-order valence-electron chi connectivity index (χ0n) is 12.1. The smallest absolute Gasteiger partial charge is 0.251 e. The van der Waals surface area contributed by atoms with Crippen molar-refractivity contribution in [2.75, 3.05) is 6.54 Å². The Morgan fingerprint density at radius 3 is 2.90 bits per heavy atom. The Balaban J connectivity index is 1.88. The molecule has 0 heterocycles. The molecule has 0 saturated heterocycles. The van der Waals surface area contributed by atoms with Crippen LogP contribution in [0.5, 0.6) is 5.75 Å². The largest absolute Gasteiger partial charge is 0.491 e. The molecule has 0 bridgehead atoms. The normalized spacial score (nSPS) is 22.0. The van der Waals surface area contributed by atoms with Gasteiger partial charge in [-0.2, -0.15) is 0 Å². The van der Waals surface area contributed by atoms with E-state index in [9.17, 15) is 9.90 Å². The number of carbonyl (C=O) groups excluding carboxylic acids is 1. The Hall–Kier alpha value is -1.55. The minimum Gasteiger partial charge on any atom is -0.491 e. The highest BCUT2D eigenvalue weighted by Crippen LogP contribution is 2.24. The maximum atomic E-state index is 12.1. The van der Waals surface area contributed by atoms with Gasteiger partial charge in [-0.05, 0) is 57.2 Å². The van der Waals surface area contributed by atoms with Crippen LogP contribution in [0.2, 0.25) is 0 Å². The highest BCUT2D eigenvalue weighted by atomic mass is 16.5. The molecule has 20 heavy (non-hydrogen) atoms. The summed E-state index contributed by atoms with van der Waals surface area (Å²) in [6.07, 6.45) is 2.51.